The highest BCUT2D eigenvalue weighted by molar-refractivity contribution is 6.30. The van der Waals surface area contributed by atoms with Crippen LogP contribution in [0.4, 0.5) is 11.4 Å². The van der Waals surface area contributed by atoms with Gasteiger partial charge in [0.15, 0.2) is 11.5 Å². The molecule has 0 aromatic heterocycles. The Morgan fingerprint density at radius 1 is 1.07 bits per heavy atom. The number of anilines is 2. The molecule has 2 bridgehead atoms. The van der Waals surface area contributed by atoms with Gasteiger partial charge in [-0.25, -0.2) is 0 Å². The summed E-state index contributed by atoms with van der Waals surface area (Å²) in [5.41, 5.74) is 3.24. The van der Waals surface area contributed by atoms with E-state index >= 15 is 0 Å². The summed E-state index contributed by atoms with van der Waals surface area (Å²) in [4.78, 5) is 4.67. The van der Waals surface area contributed by atoms with Crippen molar-refractivity contribution in [3.8, 4) is 11.5 Å². The molecule has 3 fully saturated rings. The second kappa shape index (κ2) is 7.38. The number of halogens is 1. The molecule has 4 heterocycles. The van der Waals surface area contributed by atoms with Crippen molar-refractivity contribution in [2.75, 3.05) is 31.6 Å². The number of benzene rings is 2. The first-order chi connectivity index (χ1) is 12.7. The lowest BCUT2D eigenvalue weighted by Crippen LogP contribution is -2.51. The standard InChI is InChI=1S/C21H23ClN2O2.BH3/c1-23-17-4-2-14(13-25-21-12-24-8-6-15(21)7-9-24)10-19(17)26-20-11-16(22)3-5-18(20)23;/h2-5,10-11,15,21H,6-9,12-13H2,1H3;1H3. The highest BCUT2D eigenvalue weighted by Gasteiger charge is 2.34. The summed E-state index contributed by atoms with van der Waals surface area (Å²) < 4.78 is 12.4. The lowest BCUT2D eigenvalue weighted by atomic mass is 9.86. The molecule has 0 spiro atoms. The molecule has 4 nitrogen and oxygen atoms in total. The fourth-order valence-corrected chi connectivity index (χ4v) is 4.57. The quantitative estimate of drug-likeness (QED) is 0.754. The van der Waals surface area contributed by atoms with E-state index in [1.54, 1.807) is 0 Å². The van der Waals surface area contributed by atoms with E-state index < -0.39 is 0 Å². The Bertz CT molecular complexity index is 839. The van der Waals surface area contributed by atoms with Crippen LogP contribution in [0.2, 0.25) is 5.02 Å². The van der Waals surface area contributed by atoms with Gasteiger partial charge in [-0.3, -0.25) is 0 Å². The Kier molecular flexibility index (Phi) is 5.10. The number of hydrogen-bond acceptors (Lipinski definition) is 4. The van der Waals surface area contributed by atoms with Crippen LogP contribution in [0.1, 0.15) is 18.4 Å². The molecule has 2 aromatic carbocycles. The number of hydrogen-bond donors (Lipinski definition) is 0. The van der Waals surface area contributed by atoms with Crippen LogP contribution in [-0.2, 0) is 11.3 Å². The van der Waals surface area contributed by atoms with E-state index in [1.165, 1.54) is 25.9 Å². The fourth-order valence-electron chi connectivity index (χ4n) is 4.41. The van der Waals surface area contributed by atoms with Crippen LogP contribution in [0.3, 0.4) is 0 Å². The van der Waals surface area contributed by atoms with Gasteiger partial charge in [0.05, 0.1) is 32.5 Å². The number of rotatable bonds is 3. The van der Waals surface area contributed by atoms with Crippen LogP contribution in [0.25, 0.3) is 0 Å². The first-order valence-electron chi connectivity index (χ1n) is 9.35. The topological polar surface area (TPSA) is 24.9 Å². The third-order valence-electron chi connectivity index (χ3n) is 5.95. The van der Waals surface area contributed by atoms with Crippen molar-refractivity contribution in [2.45, 2.75) is 25.6 Å². The molecule has 0 saturated carbocycles. The molecular formula is C21H26BClN2O2. The van der Waals surface area contributed by atoms with Gasteiger partial charge in [0.1, 0.15) is 0 Å². The molecule has 0 radical (unpaired) electrons. The van der Waals surface area contributed by atoms with Gasteiger partial charge in [-0.05, 0) is 61.7 Å². The SMILES string of the molecule is B.CN1c2ccc(Cl)cc2Oc2cc(COC3CN4CCC3CC4)ccc21. The average Bonchev–Trinajstić information content (AvgIpc) is 2.67. The molecule has 3 saturated heterocycles. The Morgan fingerprint density at radius 3 is 2.48 bits per heavy atom. The summed E-state index contributed by atoms with van der Waals surface area (Å²) in [5, 5.41) is 0.683. The van der Waals surface area contributed by atoms with Crippen molar-refractivity contribution in [3.63, 3.8) is 0 Å². The number of nitrogens with zero attached hydrogens (tertiary/aromatic N) is 2. The van der Waals surface area contributed by atoms with Crippen molar-refractivity contribution in [1.82, 2.24) is 4.90 Å². The molecule has 2 aromatic rings. The number of fused-ring (bicyclic) bond motifs is 5. The summed E-state index contributed by atoms with van der Waals surface area (Å²) in [6, 6.07) is 12.1. The van der Waals surface area contributed by atoms with Crippen molar-refractivity contribution >= 4 is 31.4 Å². The molecule has 1 atom stereocenters. The smallest absolute Gasteiger partial charge is 0.152 e. The van der Waals surface area contributed by atoms with Crippen molar-refractivity contribution < 1.29 is 9.47 Å². The summed E-state index contributed by atoms with van der Waals surface area (Å²) in [5.74, 6) is 2.38. The molecule has 4 aliphatic rings. The Hall–Kier alpha value is -1.69. The molecule has 4 aliphatic heterocycles. The van der Waals surface area contributed by atoms with Crippen LogP contribution in [0, 0.1) is 5.92 Å². The molecule has 0 N–H and O–H groups in total. The van der Waals surface area contributed by atoms with Gasteiger partial charge in [0.25, 0.3) is 0 Å². The highest BCUT2D eigenvalue weighted by Crippen LogP contribution is 2.46. The lowest BCUT2D eigenvalue weighted by Gasteiger charge is -2.44. The molecule has 142 valence electrons. The highest BCUT2D eigenvalue weighted by atomic mass is 35.5. The zero-order valence-electron chi connectivity index (χ0n) is 15.0. The number of ether oxygens (including phenoxy) is 2. The van der Waals surface area contributed by atoms with E-state index in [-0.39, 0.29) is 8.41 Å². The molecule has 6 rings (SSSR count). The third kappa shape index (κ3) is 3.44. The Balaban J connectivity index is 0.00000180. The van der Waals surface area contributed by atoms with E-state index in [2.05, 4.69) is 35.0 Å². The van der Waals surface area contributed by atoms with Gasteiger partial charge < -0.3 is 19.3 Å². The van der Waals surface area contributed by atoms with Crippen molar-refractivity contribution in [1.29, 1.82) is 0 Å². The van der Waals surface area contributed by atoms with E-state index in [4.69, 9.17) is 21.1 Å². The zero-order chi connectivity index (χ0) is 17.7. The molecule has 27 heavy (non-hydrogen) atoms. The van der Waals surface area contributed by atoms with Crippen LogP contribution in [-0.4, -0.2) is 46.1 Å². The van der Waals surface area contributed by atoms with E-state index in [9.17, 15) is 0 Å². The maximum Gasteiger partial charge on any atom is 0.152 e. The van der Waals surface area contributed by atoms with Gasteiger partial charge in [0, 0.05) is 24.7 Å². The largest absolute Gasteiger partial charge is 0.453 e. The van der Waals surface area contributed by atoms with Crippen LogP contribution in [0.15, 0.2) is 36.4 Å². The molecule has 1 unspecified atom stereocenters. The maximum absolute atomic E-state index is 6.28. The minimum atomic E-state index is 0. The second-order valence-corrected chi connectivity index (χ2v) is 8.00. The van der Waals surface area contributed by atoms with Crippen LogP contribution < -0.4 is 9.64 Å². The normalized spacial score (nSPS) is 25.3. The molecule has 0 amide bonds. The first-order valence-corrected chi connectivity index (χ1v) is 9.73. The van der Waals surface area contributed by atoms with Gasteiger partial charge in [-0.1, -0.05) is 17.7 Å². The van der Waals surface area contributed by atoms with Gasteiger partial charge in [-0.15, -0.1) is 0 Å². The van der Waals surface area contributed by atoms with Crippen LogP contribution >= 0.6 is 11.6 Å². The minimum absolute atomic E-state index is 0. The van der Waals surface area contributed by atoms with E-state index in [0.29, 0.717) is 17.7 Å². The van der Waals surface area contributed by atoms with Gasteiger partial charge in [-0.2, -0.15) is 0 Å². The Morgan fingerprint density at radius 2 is 1.78 bits per heavy atom. The molecule has 6 heteroatoms. The first kappa shape index (κ1) is 18.7. The predicted octanol–water partition coefficient (Wildman–Crippen LogP) is 3.64. The zero-order valence-corrected chi connectivity index (χ0v) is 15.7. The van der Waals surface area contributed by atoms with E-state index in [0.717, 1.165) is 40.9 Å². The summed E-state index contributed by atoms with van der Waals surface area (Å²) >= 11 is 6.13. The summed E-state index contributed by atoms with van der Waals surface area (Å²) in [7, 11) is 2.05. The molecular weight excluding hydrogens is 359 g/mol. The minimum Gasteiger partial charge on any atom is -0.453 e. The number of piperidine rings is 3. The second-order valence-electron chi connectivity index (χ2n) is 7.56. The summed E-state index contributed by atoms with van der Waals surface area (Å²) in [6.45, 7) is 4.20. The maximum atomic E-state index is 6.28. The van der Waals surface area contributed by atoms with Crippen LogP contribution in [0.5, 0.6) is 11.5 Å². The monoisotopic (exact) mass is 384 g/mol. The van der Waals surface area contributed by atoms with Crippen molar-refractivity contribution in [3.05, 3.63) is 47.0 Å². The molecule has 0 aliphatic carbocycles. The van der Waals surface area contributed by atoms with Gasteiger partial charge >= 0.3 is 0 Å². The average molecular weight is 385 g/mol. The van der Waals surface area contributed by atoms with Gasteiger partial charge in [0.2, 0.25) is 0 Å². The lowest BCUT2D eigenvalue weighted by molar-refractivity contribution is -0.0766. The van der Waals surface area contributed by atoms with E-state index in [1.807, 2.05) is 18.2 Å². The third-order valence-corrected chi connectivity index (χ3v) is 6.18. The van der Waals surface area contributed by atoms with Crippen molar-refractivity contribution in [2.24, 2.45) is 5.92 Å². The Labute approximate surface area is 167 Å². The fraction of sp³-hybridized carbons (Fsp3) is 0.429. The predicted molar refractivity (Wildman–Crippen MR) is 114 cm³/mol. The summed E-state index contributed by atoms with van der Waals surface area (Å²) in [6.07, 6.45) is 2.93.